The zero-order valence-corrected chi connectivity index (χ0v) is 10.1. The van der Waals surface area contributed by atoms with E-state index in [4.69, 9.17) is 5.73 Å². The van der Waals surface area contributed by atoms with Crippen LogP contribution < -0.4 is 10.6 Å². The number of benzene rings is 1. The maximum absolute atomic E-state index is 12.7. The van der Waals surface area contributed by atoms with E-state index in [-0.39, 0.29) is 24.1 Å². The second-order valence-corrected chi connectivity index (χ2v) is 3.35. The lowest BCUT2D eigenvalue weighted by atomic mass is 10.2. The van der Waals surface area contributed by atoms with Gasteiger partial charge in [-0.3, -0.25) is 4.79 Å². The molecule has 1 aromatic rings. The maximum atomic E-state index is 12.7. The Morgan fingerprint density at radius 1 is 1.44 bits per heavy atom. The van der Waals surface area contributed by atoms with Gasteiger partial charge in [-0.2, -0.15) is 0 Å². The molecule has 1 atom stereocenters. The van der Waals surface area contributed by atoms with E-state index in [9.17, 15) is 9.18 Å². The van der Waals surface area contributed by atoms with Gasteiger partial charge >= 0.3 is 0 Å². The van der Waals surface area contributed by atoms with Crippen molar-refractivity contribution in [2.75, 3.05) is 11.4 Å². The highest BCUT2D eigenvalue weighted by atomic mass is 35.5. The summed E-state index contributed by atoms with van der Waals surface area (Å²) in [5.41, 5.74) is 6.18. The summed E-state index contributed by atoms with van der Waals surface area (Å²) in [6, 6.07) is 5.24. The Labute approximate surface area is 101 Å². The predicted molar refractivity (Wildman–Crippen MR) is 65.3 cm³/mol. The van der Waals surface area contributed by atoms with Crippen LogP contribution in [0.2, 0.25) is 0 Å². The Bertz CT molecular complexity index is 340. The molecule has 1 rings (SSSR count). The van der Waals surface area contributed by atoms with Crippen molar-refractivity contribution in [2.24, 2.45) is 5.73 Å². The first-order valence-corrected chi connectivity index (χ1v) is 4.88. The highest BCUT2D eigenvalue weighted by Crippen LogP contribution is 2.15. The summed E-state index contributed by atoms with van der Waals surface area (Å²) < 4.78 is 12.7. The van der Waals surface area contributed by atoms with E-state index in [1.54, 1.807) is 19.1 Å². The molecular formula is C11H16ClFN2O. The largest absolute Gasteiger partial charge is 0.320 e. The minimum Gasteiger partial charge on any atom is -0.320 e. The van der Waals surface area contributed by atoms with Crippen molar-refractivity contribution in [1.82, 2.24) is 0 Å². The Kier molecular flexibility index (Phi) is 6.00. The van der Waals surface area contributed by atoms with Gasteiger partial charge in [-0.15, -0.1) is 12.4 Å². The Morgan fingerprint density at radius 3 is 2.31 bits per heavy atom. The first-order valence-electron chi connectivity index (χ1n) is 4.88. The number of nitrogens with two attached hydrogens (primary N) is 1. The predicted octanol–water partition coefficient (Wildman–Crippen LogP) is 1.95. The number of rotatable bonds is 3. The number of carbonyl (C=O) groups is 1. The van der Waals surface area contributed by atoms with Crippen molar-refractivity contribution in [1.29, 1.82) is 0 Å². The van der Waals surface area contributed by atoms with Crippen LogP contribution in [0.1, 0.15) is 13.8 Å². The first kappa shape index (κ1) is 14.9. The summed E-state index contributed by atoms with van der Waals surface area (Å²) in [7, 11) is 0. The number of halogens is 2. The molecule has 5 heteroatoms. The summed E-state index contributed by atoms with van der Waals surface area (Å²) in [5, 5.41) is 0. The van der Waals surface area contributed by atoms with Gasteiger partial charge in [-0.25, -0.2) is 4.39 Å². The highest BCUT2D eigenvalue weighted by molar-refractivity contribution is 5.96. The van der Waals surface area contributed by atoms with Gasteiger partial charge in [0.1, 0.15) is 5.82 Å². The zero-order valence-electron chi connectivity index (χ0n) is 9.31. The average molecular weight is 247 g/mol. The lowest BCUT2D eigenvalue weighted by molar-refractivity contribution is -0.119. The second-order valence-electron chi connectivity index (χ2n) is 3.35. The van der Waals surface area contributed by atoms with E-state index < -0.39 is 6.04 Å². The number of hydrogen-bond donors (Lipinski definition) is 1. The molecule has 1 unspecified atom stereocenters. The highest BCUT2D eigenvalue weighted by Gasteiger charge is 2.17. The number of carbonyl (C=O) groups excluding carboxylic acids is 1. The molecule has 0 heterocycles. The van der Waals surface area contributed by atoms with Gasteiger partial charge < -0.3 is 10.6 Å². The van der Waals surface area contributed by atoms with Gasteiger partial charge in [-0.1, -0.05) is 0 Å². The lowest BCUT2D eigenvalue weighted by Gasteiger charge is -2.22. The number of likely N-dealkylation sites (N-methyl/N-ethyl adjacent to an activating group) is 1. The van der Waals surface area contributed by atoms with Gasteiger partial charge in [0.15, 0.2) is 0 Å². The van der Waals surface area contributed by atoms with Gasteiger partial charge in [0, 0.05) is 12.2 Å². The SMILES string of the molecule is CCN(C(=O)C(C)N)c1ccc(F)cc1.Cl. The van der Waals surface area contributed by atoms with Crippen molar-refractivity contribution in [3.8, 4) is 0 Å². The third-order valence-electron chi connectivity index (χ3n) is 2.11. The number of amides is 1. The van der Waals surface area contributed by atoms with Crippen LogP contribution in [0.5, 0.6) is 0 Å². The van der Waals surface area contributed by atoms with Crippen molar-refractivity contribution < 1.29 is 9.18 Å². The number of anilines is 1. The molecule has 0 aromatic heterocycles. The van der Waals surface area contributed by atoms with E-state index in [0.717, 1.165) is 0 Å². The van der Waals surface area contributed by atoms with Gasteiger partial charge in [0.2, 0.25) is 5.91 Å². The molecule has 0 saturated carbocycles. The first-order chi connectivity index (χ1) is 7.06. The summed E-state index contributed by atoms with van der Waals surface area (Å²) in [4.78, 5) is 13.2. The minimum atomic E-state index is -0.546. The average Bonchev–Trinajstić information content (AvgIpc) is 2.21. The molecule has 90 valence electrons. The molecule has 0 saturated heterocycles. The Balaban J connectivity index is 0.00000225. The van der Waals surface area contributed by atoms with E-state index in [0.29, 0.717) is 12.2 Å². The molecular weight excluding hydrogens is 231 g/mol. The van der Waals surface area contributed by atoms with Crippen LogP contribution in [-0.4, -0.2) is 18.5 Å². The van der Waals surface area contributed by atoms with Crippen molar-refractivity contribution in [3.05, 3.63) is 30.1 Å². The summed E-state index contributed by atoms with van der Waals surface area (Å²) in [6.07, 6.45) is 0. The van der Waals surface area contributed by atoms with Gasteiger partial charge in [-0.05, 0) is 38.1 Å². The van der Waals surface area contributed by atoms with Crippen LogP contribution in [0.3, 0.4) is 0 Å². The molecule has 0 aliphatic rings. The monoisotopic (exact) mass is 246 g/mol. The van der Waals surface area contributed by atoms with Crippen LogP contribution in [0.15, 0.2) is 24.3 Å². The molecule has 1 aromatic carbocycles. The lowest BCUT2D eigenvalue weighted by Crippen LogP contribution is -2.42. The minimum absolute atomic E-state index is 0. The van der Waals surface area contributed by atoms with Crippen molar-refractivity contribution in [3.63, 3.8) is 0 Å². The van der Waals surface area contributed by atoms with Crippen LogP contribution in [-0.2, 0) is 4.79 Å². The Hall–Kier alpha value is -1.13. The topological polar surface area (TPSA) is 46.3 Å². The molecule has 3 nitrogen and oxygen atoms in total. The standard InChI is InChI=1S/C11H15FN2O.ClH/c1-3-14(11(15)8(2)13)10-6-4-9(12)5-7-10;/h4-8H,3,13H2,1-2H3;1H. The van der Waals surface area contributed by atoms with Gasteiger partial charge in [0.05, 0.1) is 6.04 Å². The second kappa shape index (κ2) is 6.45. The van der Waals surface area contributed by atoms with Crippen LogP contribution >= 0.6 is 12.4 Å². The van der Waals surface area contributed by atoms with Crippen LogP contribution in [0, 0.1) is 5.82 Å². The third-order valence-corrected chi connectivity index (χ3v) is 2.11. The molecule has 0 aliphatic carbocycles. The molecule has 1 amide bonds. The molecule has 0 aliphatic heterocycles. The molecule has 0 radical (unpaired) electrons. The molecule has 0 fully saturated rings. The maximum Gasteiger partial charge on any atom is 0.243 e. The van der Waals surface area contributed by atoms with E-state index in [1.807, 2.05) is 6.92 Å². The van der Waals surface area contributed by atoms with E-state index in [1.165, 1.54) is 17.0 Å². The molecule has 0 bridgehead atoms. The fraction of sp³-hybridized carbons (Fsp3) is 0.364. The van der Waals surface area contributed by atoms with Gasteiger partial charge in [0.25, 0.3) is 0 Å². The molecule has 0 spiro atoms. The van der Waals surface area contributed by atoms with Crippen molar-refractivity contribution >= 4 is 24.0 Å². The smallest absolute Gasteiger partial charge is 0.243 e. The quantitative estimate of drug-likeness (QED) is 0.886. The number of nitrogens with zero attached hydrogens (tertiary/aromatic N) is 1. The van der Waals surface area contributed by atoms with Crippen molar-refractivity contribution in [2.45, 2.75) is 19.9 Å². The van der Waals surface area contributed by atoms with E-state index in [2.05, 4.69) is 0 Å². The van der Waals surface area contributed by atoms with Crippen LogP contribution in [0.4, 0.5) is 10.1 Å². The van der Waals surface area contributed by atoms with Crippen LogP contribution in [0.25, 0.3) is 0 Å². The summed E-state index contributed by atoms with van der Waals surface area (Å²) in [6.45, 7) is 4.00. The zero-order chi connectivity index (χ0) is 11.4. The fourth-order valence-electron chi connectivity index (χ4n) is 1.33. The summed E-state index contributed by atoms with van der Waals surface area (Å²) in [5.74, 6) is -0.479. The fourth-order valence-corrected chi connectivity index (χ4v) is 1.33. The Morgan fingerprint density at radius 2 is 1.94 bits per heavy atom. The molecule has 16 heavy (non-hydrogen) atoms. The van der Waals surface area contributed by atoms with E-state index >= 15 is 0 Å². The summed E-state index contributed by atoms with van der Waals surface area (Å²) >= 11 is 0. The number of hydrogen-bond acceptors (Lipinski definition) is 2. The normalized spacial score (nSPS) is 11.5. The molecule has 2 N–H and O–H groups in total. The third kappa shape index (κ3) is 3.47.